The quantitative estimate of drug-likeness (QED) is 0.688. The van der Waals surface area contributed by atoms with Crippen molar-refractivity contribution >= 4 is 27.1 Å². The second kappa shape index (κ2) is 8.28. The van der Waals surface area contributed by atoms with Crippen LogP contribution in [0.5, 0.6) is 0 Å². The van der Waals surface area contributed by atoms with Crippen molar-refractivity contribution in [1.82, 2.24) is 19.5 Å². The van der Waals surface area contributed by atoms with E-state index in [2.05, 4.69) is 62.5 Å². The summed E-state index contributed by atoms with van der Waals surface area (Å²) in [5.74, 6) is 0. The molecule has 0 unspecified atom stereocenters. The molecule has 1 aromatic carbocycles. The lowest BCUT2D eigenvalue weighted by molar-refractivity contribution is 0.251. The van der Waals surface area contributed by atoms with E-state index >= 15 is 0 Å². The standard InChI is InChI=1S/C20H26N6OS/c1-3-16-13-18(27)26-20(22-16)28-19(23-26)21-15(2)14-24-9-11-25(12-10-24)17-7-5-4-6-8-17/h4-8,13,15H,3,9-12,14H2,1-2H3,(H,21,23)/t15-/m0/s1. The molecule has 28 heavy (non-hydrogen) atoms. The van der Waals surface area contributed by atoms with Gasteiger partial charge >= 0.3 is 0 Å². The minimum Gasteiger partial charge on any atom is -0.369 e. The van der Waals surface area contributed by atoms with E-state index in [0.29, 0.717) is 4.96 Å². The van der Waals surface area contributed by atoms with E-state index in [1.165, 1.54) is 21.5 Å². The molecule has 0 saturated carbocycles. The molecule has 148 valence electrons. The number of aromatic nitrogens is 3. The van der Waals surface area contributed by atoms with Gasteiger partial charge in [-0.3, -0.25) is 9.69 Å². The first-order valence-electron chi connectivity index (χ1n) is 9.81. The maximum atomic E-state index is 12.1. The Labute approximate surface area is 168 Å². The summed E-state index contributed by atoms with van der Waals surface area (Å²) in [4.78, 5) is 22.2. The third-order valence-corrected chi connectivity index (χ3v) is 5.90. The van der Waals surface area contributed by atoms with Gasteiger partial charge in [-0.05, 0) is 25.5 Å². The van der Waals surface area contributed by atoms with Crippen molar-refractivity contribution in [3.05, 3.63) is 52.4 Å². The summed E-state index contributed by atoms with van der Waals surface area (Å²) in [7, 11) is 0. The largest absolute Gasteiger partial charge is 0.369 e. The predicted molar refractivity (Wildman–Crippen MR) is 115 cm³/mol. The summed E-state index contributed by atoms with van der Waals surface area (Å²) in [6, 6.07) is 12.4. The summed E-state index contributed by atoms with van der Waals surface area (Å²) in [6.07, 6.45) is 0.748. The molecule has 3 heterocycles. The fourth-order valence-corrected chi connectivity index (χ4v) is 4.50. The average Bonchev–Trinajstić information content (AvgIpc) is 3.12. The zero-order valence-corrected chi connectivity index (χ0v) is 17.2. The number of para-hydroxylation sites is 1. The zero-order chi connectivity index (χ0) is 19.5. The number of benzene rings is 1. The van der Waals surface area contributed by atoms with Gasteiger partial charge in [-0.1, -0.05) is 36.5 Å². The normalized spacial score (nSPS) is 16.4. The Morgan fingerprint density at radius 1 is 1.18 bits per heavy atom. The molecule has 4 rings (SSSR count). The van der Waals surface area contributed by atoms with Crippen LogP contribution in [0.15, 0.2) is 41.2 Å². The van der Waals surface area contributed by atoms with E-state index in [0.717, 1.165) is 50.0 Å². The van der Waals surface area contributed by atoms with Gasteiger partial charge in [0.1, 0.15) is 0 Å². The Morgan fingerprint density at radius 2 is 1.93 bits per heavy atom. The third kappa shape index (κ3) is 4.18. The summed E-state index contributed by atoms with van der Waals surface area (Å²) in [6.45, 7) is 9.26. The first kappa shape index (κ1) is 18.9. The van der Waals surface area contributed by atoms with Gasteiger partial charge in [0.25, 0.3) is 5.56 Å². The Balaban J connectivity index is 1.34. The number of nitrogens with one attached hydrogen (secondary N) is 1. The SMILES string of the molecule is CCc1cc(=O)n2nc(N[C@@H](C)CN3CCN(c4ccccc4)CC3)sc2n1. The Hall–Kier alpha value is -2.45. The van der Waals surface area contributed by atoms with Crippen LogP contribution in [0, 0.1) is 0 Å². The molecule has 0 spiro atoms. The highest BCUT2D eigenvalue weighted by molar-refractivity contribution is 7.20. The molecule has 8 heteroatoms. The zero-order valence-electron chi connectivity index (χ0n) is 16.3. The maximum Gasteiger partial charge on any atom is 0.275 e. The number of hydrogen-bond donors (Lipinski definition) is 1. The topological polar surface area (TPSA) is 65.8 Å². The van der Waals surface area contributed by atoms with Crippen LogP contribution in [0.2, 0.25) is 0 Å². The van der Waals surface area contributed by atoms with E-state index in [1.807, 2.05) is 6.92 Å². The molecular formula is C20H26N6OS. The molecule has 1 N–H and O–H groups in total. The van der Waals surface area contributed by atoms with Gasteiger partial charge in [-0.15, -0.1) is 5.10 Å². The van der Waals surface area contributed by atoms with E-state index < -0.39 is 0 Å². The van der Waals surface area contributed by atoms with Gasteiger partial charge in [-0.25, -0.2) is 4.98 Å². The van der Waals surface area contributed by atoms with E-state index in [-0.39, 0.29) is 11.6 Å². The summed E-state index contributed by atoms with van der Waals surface area (Å²) in [5.41, 5.74) is 1.99. The molecule has 0 radical (unpaired) electrons. The maximum absolute atomic E-state index is 12.1. The molecule has 2 aromatic heterocycles. The molecular weight excluding hydrogens is 372 g/mol. The van der Waals surface area contributed by atoms with Crippen molar-refractivity contribution in [1.29, 1.82) is 0 Å². The van der Waals surface area contributed by atoms with Crippen molar-refractivity contribution in [2.45, 2.75) is 26.3 Å². The van der Waals surface area contributed by atoms with Gasteiger partial charge < -0.3 is 10.2 Å². The number of fused-ring (bicyclic) bond motifs is 1. The number of hydrogen-bond acceptors (Lipinski definition) is 7. The van der Waals surface area contributed by atoms with Crippen molar-refractivity contribution in [3.8, 4) is 0 Å². The molecule has 0 aliphatic carbocycles. The number of rotatable bonds is 6. The minimum atomic E-state index is -0.115. The molecule has 0 amide bonds. The highest BCUT2D eigenvalue weighted by atomic mass is 32.1. The highest BCUT2D eigenvalue weighted by Crippen LogP contribution is 2.19. The average molecular weight is 399 g/mol. The lowest BCUT2D eigenvalue weighted by atomic mass is 10.2. The van der Waals surface area contributed by atoms with Crippen molar-refractivity contribution in [3.63, 3.8) is 0 Å². The second-order valence-electron chi connectivity index (χ2n) is 7.21. The fourth-order valence-electron chi connectivity index (χ4n) is 3.57. The van der Waals surface area contributed by atoms with Crippen molar-refractivity contribution in [2.75, 3.05) is 42.9 Å². The van der Waals surface area contributed by atoms with E-state index in [4.69, 9.17) is 0 Å². The molecule has 7 nitrogen and oxygen atoms in total. The number of nitrogens with zero attached hydrogens (tertiary/aromatic N) is 5. The van der Waals surface area contributed by atoms with Crippen LogP contribution in [0.4, 0.5) is 10.8 Å². The van der Waals surface area contributed by atoms with Gasteiger partial charge in [0.15, 0.2) is 0 Å². The van der Waals surface area contributed by atoms with Crippen LogP contribution < -0.4 is 15.8 Å². The molecule has 1 fully saturated rings. The molecule has 1 aliphatic heterocycles. The molecule has 0 bridgehead atoms. The van der Waals surface area contributed by atoms with Gasteiger partial charge in [-0.2, -0.15) is 4.52 Å². The Bertz CT molecular complexity index is 977. The van der Waals surface area contributed by atoms with Crippen LogP contribution >= 0.6 is 11.3 Å². The Morgan fingerprint density at radius 3 is 2.64 bits per heavy atom. The molecule has 1 aliphatic rings. The van der Waals surface area contributed by atoms with Crippen LogP contribution in [0.1, 0.15) is 19.5 Å². The molecule has 3 aromatic rings. The fraction of sp³-hybridized carbons (Fsp3) is 0.450. The number of anilines is 2. The van der Waals surface area contributed by atoms with Gasteiger partial charge in [0, 0.05) is 56.2 Å². The second-order valence-corrected chi connectivity index (χ2v) is 8.17. The van der Waals surface area contributed by atoms with Crippen molar-refractivity contribution < 1.29 is 0 Å². The summed E-state index contributed by atoms with van der Waals surface area (Å²) >= 11 is 1.43. The lowest BCUT2D eigenvalue weighted by Gasteiger charge is -2.37. The van der Waals surface area contributed by atoms with Gasteiger partial charge in [0.2, 0.25) is 10.1 Å². The van der Waals surface area contributed by atoms with Crippen LogP contribution in [-0.2, 0) is 6.42 Å². The van der Waals surface area contributed by atoms with Crippen LogP contribution in [0.25, 0.3) is 4.96 Å². The number of piperazine rings is 1. The lowest BCUT2D eigenvalue weighted by Crippen LogP contribution is -2.49. The monoisotopic (exact) mass is 398 g/mol. The minimum absolute atomic E-state index is 0.115. The highest BCUT2D eigenvalue weighted by Gasteiger charge is 2.19. The van der Waals surface area contributed by atoms with E-state index in [1.54, 1.807) is 6.07 Å². The Kier molecular flexibility index (Phi) is 5.59. The van der Waals surface area contributed by atoms with Crippen molar-refractivity contribution in [2.24, 2.45) is 0 Å². The number of aryl methyl sites for hydroxylation is 1. The first-order valence-corrected chi connectivity index (χ1v) is 10.6. The molecule has 1 saturated heterocycles. The summed E-state index contributed by atoms with van der Waals surface area (Å²) in [5, 5.41) is 8.58. The van der Waals surface area contributed by atoms with Crippen LogP contribution in [0.3, 0.4) is 0 Å². The van der Waals surface area contributed by atoms with Crippen LogP contribution in [-0.4, -0.2) is 58.3 Å². The third-order valence-electron chi connectivity index (χ3n) is 5.06. The smallest absolute Gasteiger partial charge is 0.275 e. The predicted octanol–water partition coefficient (Wildman–Crippen LogP) is 2.34. The van der Waals surface area contributed by atoms with E-state index in [9.17, 15) is 4.79 Å². The molecule has 1 atom stereocenters. The van der Waals surface area contributed by atoms with Gasteiger partial charge in [0.05, 0.1) is 0 Å². The summed E-state index contributed by atoms with van der Waals surface area (Å²) < 4.78 is 1.39. The first-order chi connectivity index (χ1) is 13.6.